The molecular formula is C17H19N3O2S. The second-order valence-corrected chi connectivity index (χ2v) is 6.45. The van der Waals surface area contributed by atoms with Crippen molar-refractivity contribution in [1.82, 2.24) is 9.80 Å². The summed E-state index contributed by atoms with van der Waals surface area (Å²) in [6.45, 7) is 4.68. The molecule has 0 bridgehead atoms. The molecule has 0 spiro atoms. The highest BCUT2D eigenvalue weighted by molar-refractivity contribution is 7.08. The third-order valence-corrected chi connectivity index (χ3v) is 4.99. The van der Waals surface area contributed by atoms with Gasteiger partial charge in [-0.15, -0.1) is 11.3 Å². The number of hydrogen-bond donors (Lipinski definition) is 1. The number of nitrogens with zero attached hydrogens (tertiary/aromatic N) is 3. The van der Waals surface area contributed by atoms with E-state index in [-0.39, 0.29) is 6.61 Å². The molecule has 0 radical (unpaired) electrons. The highest BCUT2D eigenvalue weighted by Crippen LogP contribution is 2.39. The Hall–Kier alpha value is -1.89. The van der Waals surface area contributed by atoms with Gasteiger partial charge in [0.05, 0.1) is 12.2 Å². The number of thiophene rings is 1. The molecule has 1 N–H and O–H groups in total. The molecule has 2 aromatic rings. The first-order chi connectivity index (χ1) is 11.3. The monoisotopic (exact) mass is 329 g/mol. The Labute approximate surface area is 139 Å². The van der Waals surface area contributed by atoms with Gasteiger partial charge in [-0.05, 0) is 12.1 Å². The minimum atomic E-state index is 0.219. The van der Waals surface area contributed by atoms with Crippen LogP contribution in [-0.4, -0.2) is 60.1 Å². The minimum Gasteiger partial charge on any atom is -0.453 e. The van der Waals surface area contributed by atoms with Gasteiger partial charge >= 0.3 is 0 Å². The second kappa shape index (κ2) is 6.31. The van der Waals surface area contributed by atoms with Crippen LogP contribution < -0.4 is 4.74 Å². The number of amidine groups is 1. The average molecular weight is 329 g/mol. The molecule has 2 aliphatic heterocycles. The van der Waals surface area contributed by atoms with Crippen molar-refractivity contribution in [3.63, 3.8) is 0 Å². The molecule has 0 amide bonds. The maximum atomic E-state index is 9.09. The molecule has 23 heavy (non-hydrogen) atoms. The normalized spacial score (nSPS) is 17.8. The summed E-state index contributed by atoms with van der Waals surface area (Å²) in [4.78, 5) is 9.51. The zero-order chi connectivity index (χ0) is 15.6. The smallest absolute Gasteiger partial charge is 0.153 e. The van der Waals surface area contributed by atoms with Crippen LogP contribution in [0.2, 0.25) is 0 Å². The predicted molar refractivity (Wildman–Crippen MR) is 92.1 cm³/mol. The van der Waals surface area contributed by atoms with Gasteiger partial charge in [0.1, 0.15) is 17.3 Å². The molecular weight excluding hydrogens is 310 g/mol. The van der Waals surface area contributed by atoms with E-state index in [1.807, 2.05) is 29.6 Å². The van der Waals surface area contributed by atoms with E-state index in [1.165, 1.54) is 0 Å². The topological polar surface area (TPSA) is 48.3 Å². The molecule has 3 heterocycles. The van der Waals surface area contributed by atoms with Gasteiger partial charge in [-0.2, -0.15) is 0 Å². The number of benzene rings is 1. The van der Waals surface area contributed by atoms with E-state index in [2.05, 4.69) is 15.2 Å². The molecule has 1 fully saturated rings. The van der Waals surface area contributed by atoms with Crippen molar-refractivity contribution in [2.45, 2.75) is 0 Å². The van der Waals surface area contributed by atoms with Crippen molar-refractivity contribution in [2.75, 3.05) is 39.3 Å². The summed E-state index contributed by atoms with van der Waals surface area (Å²) in [6, 6.07) is 7.91. The fraction of sp³-hybridized carbons (Fsp3) is 0.353. The van der Waals surface area contributed by atoms with E-state index < -0.39 is 0 Å². The maximum Gasteiger partial charge on any atom is 0.153 e. The largest absolute Gasteiger partial charge is 0.453 e. The number of β-amino-alcohol motifs (C(OH)–C–C–N with tert-alkyl or cyclic N) is 1. The first-order valence-electron chi connectivity index (χ1n) is 7.85. The highest BCUT2D eigenvalue weighted by Gasteiger charge is 2.26. The summed E-state index contributed by atoms with van der Waals surface area (Å²) in [5.41, 5.74) is 1.95. The molecule has 2 aliphatic rings. The molecule has 1 saturated heterocycles. The summed E-state index contributed by atoms with van der Waals surface area (Å²) >= 11 is 1.64. The number of rotatable bonds is 2. The number of piperazine rings is 1. The van der Waals surface area contributed by atoms with E-state index in [1.54, 1.807) is 11.3 Å². The Morgan fingerprint density at radius 3 is 2.74 bits per heavy atom. The van der Waals surface area contributed by atoms with Gasteiger partial charge < -0.3 is 14.7 Å². The first kappa shape index (κ1) is 14.7. The van der Waals surface area contributed by atoms with Crippen LogP contribution in [-0.2, 0) is 0 Å². The molecule has 0 unspecified atom stereocenters. The summed E-state index contributed by atoms with van der Waals surface area (Å²) in [6.07, 6.45) is 0. The standard InChI is InChI=1S/C17H19N3O2S/c21-10-9-19-5-7-20(8-6-19)17-13-11-23-12-16(13)22-15-4-2-1-3-14(15)18-17/h1-4,11-12,21H,5-10H2. The molecule has 5 nitrogen and oxygen atoms in total. The minimum absolute atomic E-state index is 0.219. The van der Waals surface area contributed by atoms with Crippen molar-refractivity contribution in [2.24, 2.45) is 4.99 Å². The van der Waals surface area contributed by atoms with Crippen LogP contribution in [0.4, 0.5) is 5.69 Å². The average Bonchev–Trinajstić information content (AvgIpc) is 2.97. The second-order valence-electron chi connectivity index (χ2n) is 5.71. The fourth-order valence-electron chi connectivity index (χ4n) is 3.02. The number of aliphatic hydroxyl groups excluding tert-OH is 1. The summed E-state index contributed by atoms with van der Waals surface area (Å²) in [5, 5.41) is 13.2. The molecule has 0 aliphatic carbocycles. The number of aliphatic imine (C=N–C) groups is 1. The zero-order valence-corrected chi connectivity index (χ0v) is 13.6. The third-order valence-electron chi connectivity index (χ3n) is 4.27. The van der Waals surface area contributed by atoms with Crippen LogP contribution in [0.15, 0.2) is 40.0 Å². The molecule has 120 valence electrons. The quantitative estimate of drug-likeness (QED) is 0.920. The Morgan fingerprint density at radius 2 is 1.91 bits per heavy atom. The van der Waals surface area contributed by atoms with Crippen LogP contribution in [0.1, 0.15) is 5.56 Å². The first-order valence-corrected chi connectivity index (χ1v) is 8.80. The van der Waals surface area contributed by atoms with E-state index >= 15 is 0 Å². The molecule has 1 aromatic carbocycles. The van der Waals surface area contributed by atoms with Crippen LogP contribution in [0.5, 0.6) is 11.5 Å². The highest BCUT2D eigenvalue weighted by atomic mass is 32.1. The lowest BCUT2D eigenvalue weighted by Gasteiger charge is -2.36. The van der Waals surface area contributed by atoms with E-state index in [9.17, 15) is 0 Å². The third kappa shape index (κ3) is 2.85. The van der Waals surface area contributed by atoms with Gasteiger partial charge in [-0.3, -0.25) is 4.90 Å². The Morgan fingerprint density at radius 1 is 1.09 bits per heavy atom. The van der Waals surface area contributed by atoms with Gasteiger partial charge in [0, 0.05) is 43.5 Å². The number of para-hydroxylation sites is 2. The van der Waals surface area contributed by atoms with Gasteiger partial charge in [0.25, 0.3) is 0 Å². The number of hydrogen-bond acceptors (Lipinski definition) is 6. The molecule has 1 aromatic heterocycles. The van der Waals surface area contributed by atoms with E-state index in [0.29, 0.717) is 0 Å². The van der Waals surface area contributed by atoms with Crippen molar-refractivity contribution in [1.29, 1.82) is 0 Å². The maximum absolute atomic E-state index is 9.09. The number of ether oxygens (including phenoxy) is 1. The lowest BCUT2D eigenvalue weighted by atomic mass is 10.2. The zero-order valence-electron chi connectivity index (χ0n) is 12.8. The molecule has 0 atom stereocenters. The lowest BCUT2D eigenvalue weighted by molar-refractivity contribution is 0.147. The van der Waals surface area contributed by atoms with Crippen molar-refractivity contribution in [3.05, 3.63) is 40.6 Å². The Kier molecular flexibility index (Phi) is 4.03. The van der Waals surface area contributed by atoms with Crippen LogP contribution in [0.25, 0.3) is 0 Å². The summed E-state index contributed by atoms with van der Waals surface area (Å²) in [5.74, 6) is 2.69. The van der Waals surface area contributed by atoms with Crippen LogP contribution in [0, 0.1) is 0 Å². The number of aliphatic hydroxyl groups is 1. The van der Waals surface area contributed by atoms with Gasteiger partial charge in [-0.1, -0.05) is 12.1 Å². The summed E-state index contributed by atoms with van der Waals surface area (Å²) < 4.78 is 6.05. The van der Waals surface area contributed by atoms with E-state index in [4.69, 9.17) is 14.8 Å². The summed E-state index contributed by atoms with van der Waals surface area (Å²) in [7, 11) is 0. The van der Waals surface area contributed by atoms with Crippen molar-refractivity contribution < 1.29 is 9.84 Å². The predicted octanol–water partition coefficient (Wildman–Crippen LogP) is 2.54. The van der Waals surface area contributed by atoms with Crippen LogP contribution >= 0.6 is 11.3 Å². The Balaban J connectivity index is 1.66. The molecule has 4 rings (SSSR count). The van der Waals surface area contributed by atoms with E-state index in [0.717, 1.165) is 61.3 Å². The Bertz CT molecular complexity index is 720. The van der Waals surface area contributed by atoms with Gasteiger partial charge in [0.2, 0.25) is 0 Å². The lowest BCUT2D eigenvalue weighted by Crippen LogP contribution is -2.49. The number of fused-ring (bicyclic) bond motifs is 2. The molecule has 6 heteroatoms. The molecule has 0 saturated carbocycles. The van der Waals surface area contributed by atoms with Crippen molar-refractivity contribution >= 4 is 22.9 Å². The SMILES string of the molecule is OCCN1CCN(C2=Nc3ccccc3Oc3cscc32)CC1. The van der Waals surface area contributed by atoms with Crippen LogP contribution in [0.3, 0.4) is 0 Å². The fourth-order valence-corrected chi connectivity index (χ4v) is 3.75. The van der Waals surface area contributed by atoms with Crippen molar-refractivity contribution in [3.8, 4) is 11.5 Å². The van der Waals surface area contributed by atoms with Gasteiger partial charge in [0.15, 0.2) is 5.75 Å². The van der Waals surface area contributed by atoms with Gasteiger partial charge in [-0.25, -0.2) is 4.99 Å².